The SMILES string of the molecule is OCc1ccc(Cn2cc(-c3cn[nH]c3C3CCCCC3)nn2)cc1. The molecule has 1 aliphatic rings. The summed E-state index contributed by atoms with van der Waals surface area (Å²) in [5, 5.41) is 25.2. The van der Waals surface area contributed by atoms with Gasteiger partial charge in [-0.15, -0.1) is 5.10 Å². The minimum Gasteiger partial charge on any atom is -0.392 e. The largest absolute Gasteiger partial charge is 0.392 e. The second kappa shape index (κ2) is 7.19. The van der Waals surface area contributed by atoms with E-state index in [1.54, 1.807) is 0 Å². The zero-order valence-electron chi connectivity index (χ0n) is 14.2. The Kier molecular flexibility index (Phi) is 4.61. The van der Waals surface area contributed by atoms with Crippen molar-refractivity contribution in [1.29, 1.82) is 0 Å². The van der Waals surface area contributed by atoms with Crippen molar-refractivity contribution < 1.29 is 5.11 Å². The highest BCUT2D eigenvalue weighted by atomic mass is 16.3. The summed E-state index contributed by atoms with van der Waals surface area (Å²) < 4.78 is 1.85. The van der Waals surface area contributed by atoms with Crippen molar-refractivity contribution in [2.24, 2.45) is 0 Å². The van der Waals surface area contributed by atoms with Gasteiger partial charge in [0, 0.05) is 17.2 Å². The molecule has 1 fully saturated rings. The molecule has 0 bridgehead atoms. The summed E-state index contributed by atoms with van der Waals surface area (Å²) in [6.45, 7) is 0.730. The van der Waals surface area contributed by atoms with Crippen molar-refractivity contribution in [3.8, 4) is 11.3 Å². The van der Waals surface area contributed by atoms with E-state index in [4.69, 9.17) is 5.11 Å². The first kappa shape index (κ1) is 16.0. The first-order valence-electron chi connectivity index (χ1n) is 8.96. The maximum atomic E-state index is 9.12. The maximum absolute atomic E-state index is 9.12. The number of hydrogen-bond acceptors (Lipinski definition) is 4. The molecule has 25 heavy (non-hydrogen) atoms. The minimum atomic E-state index is 0.0676. The highest BCUT2D eigenvalue weighted by Crippen LogP contribution is 2.36. The maximum Gasteiger partial charge on any atom is 0.116 e. The van der Waals surface area contributed by atoms with Gasteiger partial charge in [-0.25, -0.2) is 4.68 Å². The Morgan fingerprint density at radius 1 is 1.08 bits per heavy atom. The van der Waals surface area contributed by atoms with E-state index in [1.165, 1.54) is 37.8 Å². The van der Waals surface area contributed by atoms with E-state index in [2.05, 4.69) is 20.5 Å². The van der Waals surface area contributed by atoms with Crippen molar-refractivity contribution in [2.75, 3.05) is 0 Å². The van der Waals surface area contributed by atoms with Gasteiger partial charge in [-0.05, 0) is 24.0 Å². The van der Waals surface area contributed by atoms with Gasteiger partial charge in [0.25, 0.3) is 0 Å². The lowest BCUT2D eigenvalue weighted by Gasteiger charge is -2.21. The fourth-order valence-corrected chi connectivity index (χ4v) is 3.64. The number of benzene rings is 1. The molecule has 0 atom stereocenters. The van der Waals surface area contributed by atoms with Gasteiger partial charge >= 0.3 is 0 Å². The number of H-pyrrole nitrogens is 1. The number of aromatic nitrogens is 5. The Balaban J connectivity index is 1.52. The van der Waals surface area contributed by atoms with Gasteiger partial charge in [-0.1, -0.05) is 48.7 Å². The summed E-state index contributed by atoms with van der Waals surface area (Å²) in [5.74, 6) is 0.558. The molecule has 1 saturated carbocycles. The van der Waals surface area contributed by atoms with Gasteiger partial charge < -0.3 is 5.11 Å². The lowest BCUT2D eigenvalue weighted by atomic mass is 9.85. The van der Waals surface area contributed by atoms with Gasteiger partial charge in [0.15, 0.2) is 0 Å². The fraction of sp³-hybridized carbons (Fsp3) is 0.421. The molecular weight excluding hydrogens is 314 g/mol. The summed E-state index contributed by atoms with van der Waals surface area (Å²) in [5.41, 5.74) is 5.21. The van der Waals surface area contributed by atoms with Crippen LogP contribution in [0.4, 0.5) is 0 Å². The number of nitrogens with zero attached hydrogens (tertiary/aromatic N) is 4. The molecule has 2 heterocycles. The van der Waals surface area contributed by atoms with Crippen molar-refractivity contribution >= 4 is 0 Å². The second-order valence-electron chi connectivity index (χ2n) is 6.81. The molecule has 0 aliphatic heterocycles. The third kappa shape index (κ3) is 3.49. The summed E-state index contributed by atoms with van der Waals surface area (Å²) in [4.78, 5) is 0. The number of rotatable bonds is 5. The third-order valence-electron chi connectivity index (χ3n) is 5.05. The molecule has 2 N–H and O–H groups in total. The van der Waals surface area contributed by atoms with Crippen molar-refractivity contribution in [3.63, 3.8) is 0 Å². The van der Waals surface area contributed by atoms with Crippen LogP contribution in [0.1, 0.15) is 54.8 Å². The van der Waals surface area contributed by atoms with Crippen molar-refractivity contribution in [3.05, 3.63) is 53.5 Å². The first-order valence-corrected chi connectivity index (χ1v) is 8.96. The van der Waals surface area contributed by atoms with Crippen LogP contribution >= 0.6 is 0 Å². The predicted octanol–water partition coefficient (Wildman–Crippen LogP) is 3.26. The van der Waals surface area contributed by atoms with Crippen LogP contribution in [0.15, 0.2) is 36.7 Å². The summed E-state index contributed by atoms with van der Waals surface area (Å²) in [6, 6.07) is 7.89. The second-order valence-corrected chi connectivity index (χ2v) is 6.81. The Bertz CT molecular complexity index is 814. The molecule has 0 spiro atoms. The standard InChI is InChI=1S/C19H23N5O/c25-13-15-8-6-14(7-9-15)11-24-12-18(21-23-24)17-10-20-22-19(17)16-4-2-1-3-5-16/h6-10,12,16,25H,1-5,11,13H2,(H,20,22). The van der Waals surface area contributed by atoms with Gasteiger partial charge in [0.1, 0.15) is 5.69 Å². The molecule has 1 aromatic carbocycles. The number of nitrogens with one attached hydrogen (secondary N) is 1. The summed E-state index contributed by atoms with van der Waals surface area (Å²) in [6.07, 6.45) is 10.2. The van der Waals surface area contributed by atoms with E-state index in [-0.39, 0.29) is 6.61 Å². The normalized spacial score (nSPS) is 15.6. The molecule has 0 unspecified atom stereocenters. The fourth-order valence-electron chi connectivity index (χ4n) is 3.64. The monoisotopic (exact) mass is 337 g/mol. The molecule has 3 aromatic rings. The van der Waals surface area contributed by atoms with E-state index in [1.807, 2.05) is 41.3 Å². The van der Waals surface area contributed by atoms with E-state index >= 15 is 0 Å². The number of aliphatic hydroxyl groups is 1. The first-order chi connectivity index (χ1) is 12.3. The van der Waals surface area contributed by atoms with E-state index in [0.717, 1.165) is 22.4 Å². The smallest absolute Gasteiger partial charge is 0.116 e. The topological polar surface area (TPSA) is 79.6 Å². The van der Waals surface area contributed by atoms with Crippen LogP contribution in [0.25, 0.3) is 11.3 Å². The summed E-state index contributed by atoms with van der Waals surface area (Å²) in [7, 11) is 0. The predicted molar refractivity (Wildman–Crippen MR) is 94.9 cm³/mol. The molecule has 2 aromatic heterocycles. The number of aromatic amines is 1. The Hall–Kier alpha value is -2.47. The molecular formula is C19H23N5O. The molecule has 0 amide bonds. The van der Waals surface area contributed by atoms with Gasteiger partial charge in [-0.2, -0.15) is 5.10 Å². The third-order valence-corrected chi connectivity index (χ3v) is 5.05. The average molecular weight is 337 g/mol. The molecule has 6 nitrogen and oxygen atoms in total. The molecule has 0 radical (unpaired) electrons. The number of aliphatic hydroxyl groups excluding tert-OH is 1. The quantitative estimate of drug-likeness (QED) is 0.749. The van der Waals surface area contributed by atoms with Crippen molar-refractivity contribution in [2.45, 2.75) is 51.2 Å². The minimum absolute atomic E-state index is 0.0676. The van der Waals surface area contributed by atoms with Crippen molar-refractivity contribution in [1.82, 2.24) is 25.2 Å². The van der Waals surface area contributed by atoms with Crippen LogP contribution in [0, 0.1) is 0 Å². The van der Waals surface area contributed by atoms with Gasteiger partial charge in [0.2, 0.25) is 0 Å². The number of hydrogen-bond donors (Lipinski definition) is 2. The molecule has 0 saturated heterocycles. The molecule has 4 rings (SSSR count). The Morgan fingerprint density at radius 3 is 2.60 bits per heavy atom. The van der Waals surface area contributed by atoms with E-state index < -0.39 is 0 Å². The molecule has 130 valence electrons. The Morgan fingerprint density at radius 2 is 1.84 bits per heavy atom. The van der Waals surface area contributed by atoms with Crippen LogP contribution in [0.5, 0.6) is 0 Å². The van der Waals surface area contributed by atoms with E-state index in [0.29, 0.717) is 12.5 Å². The zero-order valence-corrected chi connectivity index (χ0v) is 14.2. The van der Waals surface area contributed by atoms with Crippen LogP contribution in [0.3, 0.4) is 0 Å². The highest BCUT2D eigenvalue weighted by molar-refractivity contribution is 5.60. The van der Waals surface area contributed by atoms with Crippen LogP contribution < -0.4 is 0 Å². The van der Waals surface area contributed by atoms with Crippen LogP contribution in [-0.2, 0) is 13.2 Å². The van der Waals surface area contributed by atoms with Gasteiger partial charge in [-0.3, -0.25) is 5.10 Å². The average Bonchev–Trinajstić information content (AvgIpc) is 3.32. The molecule has 1 aliphatic carbocycles. The molecule has 6 heteroatoms. The van der Waals surface area contributed by atoms with Gasteiger partial charge in [0.05, 0.1) is 25.5 Å². The van der Waals surface area contributed by atoms with E-state index in [9.17, 15) is 0 Å². The van der Waals surface area contributed by atoms with Crippen LogP contribution in [-0.4, -0.2) is 30.3 Å². The highest BCUT2D eigenvalue weighted by Gasteiger charge is 2.22. The Labute approximate surface area is 146 Å². The summed E-state index contributed by atoms with van der Waals surface area (Å²) >= 11 is 0. The zero-order chi connectivity index (χ0) is 17.1. The van der Waals surface area contributed by atoms with Crippen LogP contribution in [0.2, 0.25) is 0 Å². The lowest BCUT2D eigenvalue weighted by molar-refractivity contribution is 0.282. The lowest BCUT2D eigenvalue weighted by Crippen LogP contribution is -2.06.